The van der Waals surface area contributed by atoms with Gasteiger partial charge in [0.25, 0.3) is 5.60 Å². The summed E-state index contributed by atoms with van der Waals surface area (Å²) in [5.41, 5.74) is -3.64. The van der Waals surface area contributed by atoms with Crippen LogP contribution in [0.5, 0.6) is 0 Å². The van der Waals surface area contributed by atoms with Crippen LogP contribution in [0.25, 0.3) is 22.2 Å². The predicted molar refractivity (Wildman–Crippen MR) is 93.8 cm³/mol. The van der Waals surface area contributed by atoms with Gasteiger partial charge in [0.05, 0.1) is 17.8 Å². The molecule has 0 fully saturated rings. The fourth-order valence-electron chi connectivity index (χ4n) is 2.85. The van der Waals surface area contributed by atoms with Crippen molar-refractivity contribution in [3.63, 3.8) is 0 Å². The minimum atomic E-state index is -5.27. The van der Waals surface area contributed by atoms with Crippen molar-refractivity contribution in [3.05, 3.63) is 66.2 Å². The first-order valence-electron chi connectivity index (χ1n) is 8.21. The van der Waals surface area contributed by atoms with Crippen LogP contribution >= 0.6 is 0 Å². The van der Waals surface area contributed by atoms with E-state index in [1.807, 2.05) is 12.1 Å². The highest BCUT2D eigenvalue weighted by molar-refractivity contribution is 5.87. The van der Waals surface area contributed by atoms with E-state index < -0.39 is 23.3 Å². The fourth-order valence-corrected chi connectivity index (χ4v) is 2.85. The predicted octanol–water partition coefficient (Wildman–Crippen LogP) is 4.21. The molecule has 0 aliphatic heterocycles. The van der Waals surface area contributed by atoms with Gasteiger partial charge in [0.1, 0.15) is 0 Å². The average Bonchev–Trinajstić information content (AvgIpc) is 2.66. The molecule has 1 N–H and O–H groups in total. The molecule has 0 bridgehead atoms. The van der Waals surface area contributed by atoms with Crippen molar-refractivity contribution < 1.29 is 27.8 Å². The minimum Gasteiger partial charge on any atom is -0.463 e. The first-order chi connectivity index (χ1) is 12.8. The molecule has 1 unspecified atom stereocenters. The first-order valence-corrected chi connectivity index (χ1v) is 8.21. The van der Waals surface area contributed by atoms with E-state index in [-0.39, 0.29) is 17.9 Å². The molecule has 0 aliphatic carbocycles. The van der Waals surface area contributed by atoms with Crippen molar-refractivity contribution in [2.45, 2.75) is 18.7 Å². The molecule has 0 saturated carbocycles. The molecular formula is C20H16F3NO3. The molecule has 0 saturated heterocycles. The number of carbonyl (C=O) groups excluding carboxylic acids is 1. The maximum Gasteiger partial charge on any atom is 0.432 e. The Morgan fingerprint density at radius 2 is 1.70 bits per heavy atom. The molecule has 3 rings (SSSR count). The molecule has 2 aromatic carbocycles. The van der Waals surface area contributed by atoms with Crippen molar-refractivity contribution in [2.75, 3.05) is 6.61 Å². The number of aliphatic hydroxyl groups is 1. The van der Waals surface area contributed by atoms with Gasteiger partial charge in [-0.2, -0.15) is 13.2 Å². The van der Waals surface area contributed by atoms with E-state index in [1.165, 1.54) is 25.1 Å². The van der Waals surface area contributed by atoms with E-state index in [2.05, 4.69) is 9.72 Å². The molecule has 0 amide bonds. The molecule has 0 radical (unpaired) electrons. The summed E-state index contributed by atoms with van der Waals surface area (Å²) in [5, 5.41) is 11.3. The monoisotopic (exact) mass is 375 g/mol. The summed E-state index contributed by atoms with van der Waals surface area (Å²) >= 11 is 0. The number of aromatic nitrogens is 1. The van der Waals surface area contributed by atoms with Crippen LogP contribution in [-0.4, -0.2) is 28.8 Å². The molecule has 1 aromatic heterocycles. The number of pyridine rings is 1. The second-order valence-electron chi connectivity index (χ2n) is 5.86. The number of fused-ring (bicyclic) bond motifs is 1. The van der Waals surface area contributed by atoms with Crippen LogP contribution in [0.2, 0.25) is 0 Å². The van der Waals surface area contributed by atoms with Crippen molar-refractivity contribution >= 4 is 16.9 Å². The highest BCUT2D eigenvalue weighted by Gasteiger charge is 2.63. The van der Waals surface area contributed by atoms with Gasteiger partial charge in [0.2, 0.25) is 0 Å². The zero-order valence-electron chi connectivity index (χ0n) is 14.3. The summed E-state index contributed by atoms with van der Waals surface area (Å²) in [5.74, 6) is -1.77. The summed E-state index contributed by atoms with van der Waals surface area (Å²) in [6.45, 7) is 1.07. The number of alkyl halides is 3. The number of benzene rings is 2. The molecule has 7 heteroatoms. The third kappa shape index (κ3) is 3.26. The Kier molecular flexibility index (Phi) is 4.89. The lowest BCUT2D eigenvalue weighted by molar-refractivity contribution is -0.267. The SMILES string of the molecule is CCOC(=O)C(O)(c1ccccc1-c1ccc2ccccc2n1)C(F)(F)F. The van der Waals surface area contributed by atoms with E-state index in [9.17, 15) is 23.1 Å². The van der Waals surface area contributed by atoms with Gasteiger partial charge in [-0.05, 0) is 19.1 Å². The zero-order valence-corrected chi connectivity index (χ0v) is 14.3. The molecule has 140 valence electrons. The van der Waals surface area contributed by atoms with Crippen LogP contribution in [0.1, 0.15) is 12.5 Å². The number of halogens is 3. The molecule has 1 atom stereocenters. The summed E-state index contributed by atoms with van der Waals surface area (Å²) in [6, 6.07) is 15.6. The molecule has 27 heavy (non-hydrogen) atoms. The molecule has 3 aromatic rings. The van der Waals surface area contributed by atoms with Gasteiger partial charge >= 0.3 is 12.1 Å². The molecule has 4 nitrogen and oxygen atoms in total. The van der Waals surface area contributed by atoms with Gasteiger partial charge in [-0.1, -0.05) is 48.5 Å². The van der Waals surface area contributed by atoms with Crippen LogP contribution in [0.15, 0.2) is 60.7 Å². The van der Waals surface area contributed by atoms with Gasteiger partial charge in [-0.3, -0.25) is 0 Å². The van der Waals surface area contributed by atoms with Crippen LogP contribution in [0.3, 0.4) is 0 Å². The molecule has 0 spiro atoms. The largest absolute Gasteiger partial charge is 0.463 e. The molecule has 1 heterocycles. The maximum absolute atomic E-state index is 13.7. The Morgan fingerprint density at radius 3 is 2.41 bits per heavy atom. The number of hydrogen-bond donors (Lipinski definition) is 1. The smallest absolute Gasteiger partial charge is 0.432 e. The summed E-state index contributed by atoms with van der Waals surface area (Å²) < 4.78 is 45.7. The van der Waals surface area contributed by atoms with Crippen LogP contribution in [0, 0.1) is 0 Å². The second kappa shape index (κ2) is 7.00. The highest BCUT2D eigenvalue weighted by atomic mass is 19.4. The Labute approximate surface area is 153 Å². The molecular weight excluding hydrogens is 359 g/mol. The Balaban J connectivity index is 2.23. The van der Waals surface area contributed by atoms with E-state index in [1.54, 1.807) is 24.3 Å². The lowest BCUT2D eigenvalue weighted by Crippen LogP contribution is -2.50. The van der Waals surface area contributed by atoms with Crippen molar-refractivity contribution in [3.8, 4) is 11.3 Å². The fraction of sp³-hybridized carbons (Fsp3) is 0.200. The van der Waals surface area contributed by atoms with E-state index in [0.29, 0.717) is 5.52 Å². The van der Waals surface area contributed by atoms with Gasteiger partial charge < -0.3 is 9.84 Å². The van der Waals surface area contributed by atoms with E-state index in [0.717, 1.165) is 11.5 Å². The summed E-state index contributed by atoms with van der Waals surface area (Å²) in [4.78, 5) is 16.5. The lowest BCUT2D eigenvalue weighted by atomic mass is 9.87. The normalized spacial score (nSPS) is 14.0. The Morgan fingerprint density at radius 1 is 1.04 bits per heavy atom. The van der Waals surface area contributed by atoms with E-state index >= 15 is 0 Å². The number of ether oxygens (including phenoxy) is 1. The minimum absolute atomic E-state index is 0.00358. The number of esters is 1. The average molecular weight is 375 g/mol. The third-order valence-electron chi connectivity index (χ3n) is 4.17. The topological polar surface area (TPSA) is 59.4 Å². The lowest BCUT2D eigenvalue weighted by Gasteiger charge is -2.30. The number of carbonyl (C=O) groups is 1. The quantitative estimate of drug-likeness (QED) is 0.694. The van der Waals surface area contributed by atoms with Crippen LogP contribution in [-0.2, 0) is 15.1 Å². The number of nitrogens with zero attached hydrogens (tertiary/aromatic N) is 1. The standard InChI is InChI=1S/C20H16F3NO3/c1-2-27-18(25)19(26,20(21,22)23)15-9-5-4-8-14(15)17-12-11-13-7-3-6-10-16(13)24-17/h3-12,26H,2H2,1H3. The number of para-hydroxylation sites is 1. The van der Waals surface area contributed by atoms with Gasteiger partial charge in [-0.25, -0.2) is 9.78 Å². The van der Waals surface area contributed by atoms with Gasteiger partial charge in [-0.15, -0.1) is 0 Å². The number of rotatable bonds is 4. The van der Waals surface area contributed by atoms with Crippen LogP contribution in [0.4, 0.5) is 13.2 Å². The first kappa shape index (κ1) is 18.8. The summed E-state index contributed by atoms with van der Waals surface area (Å²) in [6.07, 6.45) is -5.27. The van der Waals surface area contributed by atoms with Crippen molar-refractivity contribution in [1.82, 2.24) is 4.98 Å². The van der Waals surface area contributed by atoms with Gasteiger partial charge in [0, 0.05) is 16.5 Å². The Hall–Kier alpha value is -2.93. The van der Waals surface area contributed by atoms with Crippen LogP contribution < -0.4 is 0 Å². The maximum atomic E-state index is 13.7. The number of hydrogen-bond acceptors (Lipinski definition) is 4. The van der Waals surface area contributed by atoms with Crippen molar-refractivity contribution in [1.29, 1.82) is 0 Å². The molecule has 0 aliphatic rings. The Bertz CT molecular complexity index is 987. The van der Waals surface area contributed by atoms with E-state index in [4.69, 9.17) is 0 Å². The summed E-state index contributed by atoms with van der Waals surface area (Å²) in [7, 11) is 0. The zero-order chi connectivity index (χ0) is 19.7. The third-order valence-corrected chi connectivity index (χ3v) is 4.17. The second-order valence-corrected chi connectivity index (χ2v) is 5.86. The van der Waals surface area contributed by atoms with Crippen molar-refractivity contribution in [2.24, 2.45) is 0 Å². The highest BCUT2D eigenvalue weighted by Crippen LogP contribution is 2.43. The van der Waals surface area contributed by atoms with Gasteiger partial charge in [0.15, 0.2) is 0 Å².